The van der Waals surface area contributed by atoms with E-state index < -0.39 is 167 Å². The van der Waals surface area contributed by atoms with E-state index in [1.54, 1.807) is 0 Å². The fraction of sp³-hybridized carbons (Fsp3) is 0.136. The normalized spacial score (nSPS) is 14.3. The number of rotatable bonds is 19. The number of methoxy groups -OCH3 is 1. The van der Waals surface area contributed by atoms with Gasteiger partial charge in [-0.25, -0.2) is 4.18 Å². The first-order valence-electron chi connectivity index (χ1n) is 23.3. The van der Waals surface area contributed by atoms with Gasteiger partial charge in [0.2, 0.25) is 24.6 Å². The molecule has 6 aromatic carbocycles. The number of fused-ring (bicyclic) bond motifs is 3. The van der Waals surface area contributed by atoms with E-state index in [2.05, 4.69) is 70.5 Å². The summed E-state index contributed by atoms with van der Waals surface area (Å²) in [6.07, 6.45) is -2.87. The molecular formula is C44H35F2N13O22S6. The molecule has 0 spiro atoms. The summed E-state index contributed by atoms with van der Waals surface area (Å²) in [6.45, 7) is 0.561. The van der Waals surface area contributed by atoms with E-state index in [-0.39, 0.29) is 63.5 Å². The summed E-state index contributed by atoms with van der Waals surface area (Å²) in [5.74, 6) is -4.61. The molecule has 8 aromatic rings. The molecule has 0 amide bonds. The highest BCUT2D eigenvalue weighted by molar-refractivity contribution is 7.87. The number of nitrogens with zero attached hydrogens (tertiary/aromatic N) is 10. The maximum Gasteiger partial charge on any atom is 0.315 e. The van der Waals surface area contributed by atoms with E-state index in [1.165, 1.54) is 37.3 Å². The van der Waals surface area contributed by atoms with Crippen molar-refractivity contribution in [1.29, 1.82) is 0 Å². The number of nitrogens with one attached hydrogen (secondary N) is 3. The molecule has 1 aliphatic rings. The lowest BCUT2D eigenvalue weighted by atomic mass is 10.0. The van der Waals surface area contributed by atoms with Crippen LogP contribution < -0.4 is 25.4 Å². The van der Waals surface area contributed by atoms with Crippen LogP contribution >= 0.6 is 0 Å². The average Bonchev–Trinajstić information content (AvgIpc) is 0.870. The van der Waals surface area contributed by atoms with E-state index in [1.807, 2.05) is 0 Å². The van der Waals surface area contributed by atoms with Crippen LogP contribution in [-0.4, -0.2) is 140 Å². The van der Waals surface area contributed by atoms with Crippen LogP contribution in [0.4, 0.5) is 55.1 Å². The molecule has 87 heavy (non-hydrogen) atoms. The summed E-state index contributed by atoms with van der Waals surface area (Å²) in [4.78, 5) is 16.6. The smallest absolute Gasteiger partial charge is 0.315 e. The minimum Gasteiger partial charge on any atom is -0.505 e. The highest BCUT2D eigenvalue weighted by Crippen LogP contribution is 2.46. The van der Waals surface area contributed by atoms with Gasteiger partial charge in [0.15, 0.2) is 11.5 Å². The average molecular weight is 1330 g/mol. The van der Waals surface area contributed by atoms with Crippen molar-refractivity contribution in [3.8, 4) is 23.0 Å². The van der Waals surface area contributed by atoms with Crippen LogP contribution in [0.2, 0.25) is 0 Å². The molecule has 0 radical (unpaired) electrons. The van der Waals surface area contributed by atoms with Crippen molar-refractivity contribution < 1.29 is 106 Å². The quantitative estimate of drug-likeness (QED) is 0.0274. The summed E-state index contributed by atoms with van der Waals surface area (Å²) in [6, 6.07) is 10.4. The predicted octanol–water partition coefficient (Wildman–Crippen LogP) is 5.43. The highest BCUT2D eigenvalue weighted by Gasteiger charge is 2.32. The minimum atomic E-state index is -5.34. The maximum atomic E-state index is 14.9. The van der Waals surface area contributed by atoms with Crippen LogP contribution in [0, 0.1) is 12.2 Å². The third-order valence-corrected chi connectivity index (χ3v) is 17.5. The number of aromatic nitrogens is 6. The largest absolute Gasteiger partial charge is 0.505 e. The van der Waals surface area contributed by atoms with Crippen molar-refractivity contribution in [2.24, 2.45) is 20.5 Å². The van der Waals surface area contributed by atoms with E-state index in [4.69, 9.17) is 9.47 Å². The Kier molecular flexibility index (Phi) is 16.5. The summed E-state index contributed by atoms with van der Waals surface area (Å²) in [7, 11) is -29.9. The van der Waals surface area contributed by atoms with Crippen molar-refractivity contribution in [3.63, 3.8) is 0 Å². The molecule has 1 aliphatic heterocycles. The lowest BCUT2D eigenvalue weighted by molar-refractivity contribution is 0.108. The summed E-state index contributed by atoms with van der Waals surface area (Å²) in [5, 5.41) is 44.3. The standard InChI is InChI=1S/C44H35F2N13O22S6/c1-18(48-43-53-41(46)54-44(55-43)49-22-4-6-24-21(9-22)11-34(86(74,75)76)37(39(24)61)58-56-25-12-31(84(68,69)70)27(79-2)14-29(25)82(62,63)64)16-47-42-51-35(50-40(45)52-42)8-19-3-5-23-20(7-19)10-33(85(71,72)73)36(38(23)60)59-57-26-13-32-28(15-30(26)83(65,66)67)80-17-81-87(32,77)78/h3-7,9-15,18,60-61H,8,16-17H2,1-2H3,(H,62,63,64)(H,65,66,67)(H,68,69,70)(H,71,72,73)(H,74,75,76)(H,47,50,51,52)(H2,48,49,53,54,55). The Bertz CT molecular complexity index is 5020. The summed E-state index contributed by atoms with van der Waals surface area (Å²) >= 11 is 0. The van der Waals surface area contributed by atoms with Gasteiger partial charge in [0.05, 0.1) is 7.11 Å². The van der Waals surface area contributed by atoms with E-state index in [0.717, 1.165) is 25.3 Å². The first kappa shape index (κ1) is 62.5. The van der Waals surface area contributed by atoms with Gasteiger partial charge in [0.1, 0.15) is 69.4 Å². The van der Waals surface area contributed by atoms with Gasteiger partial charge < -0.3 is 35.6 Å². The lowest BCUT2D eigenvalue weighted by Crippen LogP contribution is -2.27. The molecule has 0 saturated heterocycles. The van der Waals surface area contributed by atoms with Crippen molar-refractivity contribution in [2.75, 3.05) is 36.4 Å². The van der Waals surface area contributed by atoms with Crippen molar-refractivity contribution in [3.05, 3.63) is 96.3 Å². The Morgan fingerprint density at radius 1 is 0.609 bits per heavy atom. The minimum absolute atomic E-state index is 0.00177. The molecule has 9 rings (SSSR count). The maximum absolute atomic E-state index is 14.9. The van der Waals surface area contributed by atoms with Crippen LogP contribution in [0.5, 0.6) is 23.0 Å². The van der Waals surface area contributed by atoms with Crippen LogP contribution in [0.3, 0.4) is 0 Å². The number of azo groups is 2. The molecule has 10 N–H and O–H groups in total. The second kappa shape index (κ2) is 23.0. The molecule has 35 nitrogen and oxygen atoms in total. The molecule has 0 bridgehead atoms. The van der Waals surface area contributed by atoms with Crippen molar-refractivity contribution >= 4 is 129 Å². The number of aromatic hydroxyl groups is 2. The number of ether oxygens (including phenoxy) is 2. The molecule has 1 atom stereocenters. The zero-order valence-corrected chi connectivity index (χ0v) is 48.0. The number of phenolic OH excluding ortho intramolecular Hbond substituents is 2. The fourth-order valence-corrected chi connectivity index (χ4v) is 12.2. The Morgan fingerprint density at radius 2 is 1.14 bits per heavy atom. The van der Waals surface area contributed by atoms with Gasteiger partial charge in [0, 0.05) is 47.6 Å². The van der Waals surface area contributed by atoms with Gasteiger partial charge in [-0.05, 0) is 65.7 Å². The second-order valence-corrected chi connectivity index (χ2v) is 26.3. The van der Waals surface area contributed by atoms with Crippen LogP contribution in [0.1, 0.15) is 18.3 Å². The van der Waals surface area contributed by atoms with Crippen LogP contribution in [0.25, 0.3) is 21.5 Å². The zero-order chi connectivity index (χ0) is 63.5. The van der Waals surface area contributed by atoms with Gasteiger partial charge >= 0.3 is 22.3 Å². The van der Waals surface area contributed by atoms with E-state index in [9.17, 15) is 92.3 Å². The van der Waals surface area contributed by atoms with Crippen molar-refractivity contribution in [1.82, 2.24) is 29.9 Å². The van der Waals surface area contributed by atoms with E-state index >= 15 is 0 Å². The van der Waals surface area contributed by atoms with Gasteiger partial charge in [-0.3, -0.25) is 22.8 Å². The number of halogens is 2. The monoisotopic (exact) mass is 1330 g/mol. The first-order valence-corrected chi connectivity index (χ1v) is 31.9. The Labute approximate surface area is 486 Å². The molecule has 0 fully saturated rings. The topological polar surface area (TPSA) is 537 Å². The molecule has 0 saturated carbocycles. The van der Waals surface area contributed by atoms with Crippen LogP contribution in [0.15, 0.2) is 123 Å². The van der Waals surface area contributed by atoms with Crippen molar-refractivity contribution in [2.45, 2.75) is 48.8 Å². The molecule has 3 heterocycles. The molecule has 43 heteroatoms. The number of anilines is 4. The zero-order valence-electron chi connectivity index (χ0n) is 43.1. The predicted molar refractivity (Wildman–Crippen MR) is 289 cm³/mol. The van der Waals surface area contributed by atoms with Gasteiger partial charge in [-0.1, -0.05) is 18.2 Å². The molecule has 0 aliphatic carbocycles. The molecular weight excluding hydrogens is 1290 g/mol. The molecule has 458 valence electrons. The first-order chi connectivity index (χ1) is 40.5. The number of hydrogen-bond donors (Lipinski definition) is 10. The Balaban J connectivity index is 0.903. The summed E-state index contributed by atoms with van der Waals surface area (Å²) in [5.41, 5.74) is -3.62. The number of benzene rings is 6. The number of hydrogen-bond acceptors (Lipinski definition) is 30. The fourth-order valence-electron chi connectivity index (χ4n) is 8.10. The third-order valence-electron chi connectivity index (χ3n) is 11.9. The summed E-state index contributed by atoms with van der Waals surface area (Å²) < 4.78 is 242. The van der Waals surface area contributed by atoms with Gasteiger partial charge in [-0.2, -0.15) is 89.2 Å². The SMILES string of the molecule is COc1cc(S(=O)(=O)O)c(N=Nc2c(S(=O)(=O)O)cc3cc(Nc4nc(F)nc(NC(C)CNc5nc(F)nc(Cc6ccc7c(O)c(N=Nc8cc9c(cc8S(=O)(=O)O)OCOS9(=O)=O)c(S(=O)(=O)O)cc7c6)n5)n4)ccc3c2O)cc1S(=O)(=O)O. The Morgan fingerprint density at radius 3 is 1.72 bits per heavy atom. The lowest BCUT2D eigenvalue weighted by Gasteiger charge is -2.18. The number of phenols is 2. The van der Waals surface area contributed by atoms with Crippen LogP contribution in [-0.2, 0) is 71.3 Å². The molecule has 2 aromatic heterocycles. The Hall–Kier alpha value is -9.02. The third kappa shape index (κ3) is 13.8. The molecule has 1 unspecified atom stereocenters. The second-order valence-electron chi connectivity index (χ2n) is 17.8. The van der Waals surface area contributed by atoms with E-state index in [0.29, 0.717) is 24.3 Å². The van der Waals surface area contributed by atoms with Gasteiger partial charge in [0.25, 0.3) is 50.6 Å². The highest BCUT2D eigenvalue weighted by atomic mass is 32.2. The van der Waals surface area contributed by atoms with Gasteiger partial charge in [-0.15, -0.1) is 20.5 Å².